The monoisotopic (exact) mass is 330 g/mol. The van der Waals surface area contributed by atoms with Gasteiger partial charge in [-0.3, -0.25) is 0 Å². The molecule has 1 aliphatic carbocycles. The van der Waals surface area contributed by atoms with Gasteiger partial charge >= 0.3 is 0 Å². The van der Waals surface area contributed by atoms with Crippen LogP contribution in [0.5, 0.6) is 0 Å². The predicted molar refractivity (Wildman–Crippen MR) is 101 cm³/mol. The van der Waals surface area contributed by atoms with E-state index in [0.717, 1.165) is 18.5 Å². The second-order valence-corrected chi connectivity index (χ2v) is 8.26. The number of likely N-dealkylation sites (tertiary alicyclic amines) is 1. The van der Waals surface area contributed by atoms with E-state index in [1.54, 1.807) is 0 Å². The first-order valence-electron chi connectivity index (χ1n) is 10.3. The molecular formula is C22H36NO+. The number of rotatable bonds is 6. The van der Waals surface area contributed by atoms with Crippen molar-refractivity contribution in [3.05, 3.63) is 35.9 Å². The van der Waals surface area contributed by atoms with Crippen molar-refractivity contribution in [1.29, 1.82) is 0 Å². The molecule has 2 heteroatoms. The quantitative estimate of drug-likeness (QED) is 0.738. The van der Waals surface area contributed by atoms with Gasteiger partial charge in [0.2, 0.25) is 0 Å². The topological polar surface area (TPSA) is 20.2 Å². The number of nitrogens with zero attached hydrogens (tertiary/aromatic N) is 1. The molecule has 1 N–H and O–H groups in total. The van der Waals surface area contributed by atoms with Crippen molar-refractivity contribution in [1.82, 2.24) is 0 Å². The summed E-state index contributed by atoms with van der Waals surface area (Å²) in [5.74, 6) is 0.440. The van der Waals surface area contributed by atoms with Gasteiger partial charge in [-0.25, -0.2) is 0 Å². The zero-order valence-corrected chi connectivity index (χ0v) is 15.6. The molecule has 2 fully saturated rings. The lowest BCUT2D eigenvalue weighted by Crippen LogP contribution is -2.54. The average Bonchev–Trinajstić information content (AvgIpc) is 2.68. The van der Waals surface area contributed by atoms with Crippen LogP contribution in [0.1, 0.15) is 70.3 Å². The molecule has 2 nitrogen and oxygen atoms in total. The molecule has 3 rings (SSSR count). The third-order valence-electron chi connectivity index (χ3n) is 6.96. The molecule has 1 unspecified atom stereocenters. The van der Waals surface area contributed by atoms with Crippen molar-refractivity contribution < 1.29 is 9.59 Å². The fraction of sp³-hybridized carbons (Fsp3) is 0.727. The first-order valence-corrected chi connectivity index (χ1v) is 10.3. The molecular weight excluding hydrogens is 294 g/mol. The molecule has 2 aliphatic rings. The summed E-state index contributed by atoms with van der Waals surface area (Å²) in [7, 11) is 0. The minimum atomic E-state index is -0.625. The van der Waals surface area contributed by atoms with Crippen molar-refractivity contribution >= 4 is 0 Å². The maximum Gasteiger partial charge on any atom is 0.0978 e. The summed E-state index contributed by atoms with van der Waals surface area (Å²) in [4.78, 5) is 0. The lowest BCUT2D eigenvalue weighted by atomic mass is 9.71. The van der Waals surface area contributed by atoms with Crippen LogP contribution in [0.15, 0.2) is 30.3 Å². The van der Waals surface area contributed by atoms with Crippen LogP contribution < -0.4 is 0 Å². The lowest BCUT2D eigenvalue weighted by Gasteiger charge is -2.45. The number of benzene rings is 1. The molecule has 1 aliphatic heterocycles. The summed E-state index contributed by atoms with van der Waals surface area (Å²) in [5.41, 5.74) is 0.530. The van der Waals surface area contributed by atoms with Gasteiger partial charge in [0.25, 0.3) is 0 Å². The second-order valence-electron chi connectivity index (χ2n) is 8.26. The SMILES string of the molecule is CC[N+]1(CCC(O)(c2ccccc2)C2CCCCC2)CCCCC1. The van der Waals surface area contributed by atoms with Crippen LogP contribution in [-0.4, -0.2) is 35.8 Å². The van der Waals surface area contributed by atoms with Crippen LogP contribution in [0, 0.1) is 5.92 Å². The zero-order valence-electron chi connectivity index (χ0n) is 15.6. The number of aliphatic hydroxyl groups is 1. The van der Waals surface area contributed by atoms with Gasteiger partial charge in [-0.05, 0) is 50.5 Å². The van der Waals surface area contributed by atoms with E-state index in [-0.39, 0.29) is 0 Å². The molecule has 0 radical (unpaired) electrons. The summed E-state index contributed by atoms with van der Waals surface area (Å²) in [6.07, 6.45) is 11.3. The van der Waals surface area contributed by atoms with Gasteiger partial charge in [0.05, 0.1) is 31.8 Å². The molecule has 24 heavy (non-hydrogen) atoms. The number of hydrogen-bond acceptors (Lipinski definition) is 1. The summed E-state index contributed by atoms with van der Waals surface area (Å²) in [5, 5.41) is 11.8. The van der Waals surface area contributed by atoms with E-state index in [1.807, 2.05) is 0 Å². The first-order chi connectivity index (χ1) is 11.7. The Morgan fingerprint density at radius 2 is 1.58 bits per heavy atom. The molecule has 1 atom stereocenters. The molecule has 1 aromatic carbocycles. The van der Waals surface area contributed by atoms with Crippen LogP contribution in [0.25, 0.3) is 0 Å². The molecule has 1 saturated heterocycles. The van der Waals surface area contributed by atoms with E-state index in [4.69, 9.17) is 0 Å². The van der Waals surface area contributed by atoms with Gasteiger partial charge in [0, 0.05) is 6.42 Å². The van der Waals surface area contributed by atoms with Crippen molar-refractivity contribution in [3.63, 3.8) is 0 Å². The molecule has 134 valence electrons. The molecule has 1 aromatic rings. The van der Waals surface area contributed by atoms with Gasteiger partial charge in [-0.1, -0.05) is 49.6 Å². The van der Waals surface area contributed by atoms with Gasteiger partial charge in [-0.2, -0.15) is 0 Å². The molecule has 0 aromatic heterocycles. The van der Waals surface area contributed by atoms with Crippen LogP contribution in [-0.2, 0) is 5.60 Å². The highest BCUT2D eigenvalue weighted by molar-refractivity contribution is 5.23. The average molecular weight is 331 g/mol. The molecule has 0 bridgehead atoms. The number of hydrogen-bond donors (Lipinski definition) is 1. The zero-order chi connectivity index (χ0) is 16.9. The maximum atomic E-state index is 11.8. The Morgan fingerprint density at radius 1 is 0.958 bits per heavy atom. The smallest absolute Gasteiger partial charge is 0.0978 e. The van der Waals surface area contributed by atoms with E-state index in [1.165, 1.54) is 75.5 Å². The summed E-state index contributed by atoms with van der Waals surface area (Å²) in [6.45, 7) is 7.32. The van der Waals surface area contributed by atoms with Crippen LogP contribution in [0.2, 0.25) is 0 Å². The van der Waals surface area contributed by atoms with Crippen LogP contribution in [0.3, 0.4) is 0 Å². The van der Waals surface area contributed by atoms with Gasteiger partial charge in [0.15, 0.2) is 0 Å². The van der Waals surface area contributed by atoms with E-state index in [2.05, 4.69) is 37.3 Å². The highest BCUT2D eigenvalue weighted by Crippen LogP contribution is 2.42. The minimum absolute atomic E-state index is 0.440. The molecule has 0 spiro atoms. The van der Waals surface area contributed by atoms with E-state index >= 15 is 0 Å². The third kappa shape index (κ3) is 3.86. The van der Waals surface area contributed by atoms with Crippen molar-refractivity contribution in [2.75, 3.05) is 26.2 Å². The highest BCUT2D eigenvalue weighted by atomic mass is 16.3. The van der Waals surface area contributed by atoms with Crippen molar-refractivity contribution in [3.8, 4) is 0 Å². The molecule has 1 heterocycles. The largest absolute Gasteiger partial charge is 0.385 e. The number of piperidine rings is 1. The van der Waals surface area contributed by atoms with Crippen molar-refractivity contribution in [2.45, 2.75) is 70.3 Å². The Hall–Kier alpha value is -0.860. The lowest BCUT2D eigenvalue weighted by molar-refractivity contribution is -0.931. The van der Waals surface area contributed by atoms with E-state index < -0.39 is 5.60 Å². The maximum absolute atomic E-state index is 11.8. The standard InChI is InChI=1S/C22H36NO/c1-2-23(17-10-5-11-18-23)19-16-22(24,20-12-6-3-7-13-20)21-14-8-4-9-15-21/h3,6-7,12-13,21,24H,2,4-5,8-11,14-19H2,1H3/q+1. The fourth-order valence-electron chi connectivity index (χ4n) is 5.18. The second kappa shape index (κ2) is 8.01. The number of quaternary nitrogens is 1. The Kier molecular flexibility index (Phi) is 5.99. The van der Waals surface area contributed by atoms with Gasteiger partial charge in [-0.15, -0.1) is 0 Å². The summed E-state index contributed by atoms with van der Waals surface area (Å²) < 4.78 is 1.22. The van der Waals surface area contributed by atoms with E-state index in [9.17, 15) is 5.11 Å². The Labute approximate surface area is 148 Å². The Bertz CT molecular complexity index is 488. The Balaban J connectivity index is 1.79. The highest BCUT2D eigenvalue weighted by Gasteiger charge is 2.41. The van der Waals surface area contributed by atoms with Crippen LogP contribution in [0.4, 0.5) is 0 Å². The Morgan fingerprint density at radius 3 is 2.21 bits per heavy atom. The van der Waals surface area contributed by atoms with Crippen molar-refractivity contribution in [2.24, 2.45) is 5.92 Å². The molecule has 0 amide bonds. The van der Waals surface area contributed by atoms with Crippen LogP contribution >= 0.6 is 0 Å². The summed E-state index contributed by atoms with van der Waals surface area (Å²) in [6, 6.07) is 10.6. The predicted octanol–water partition coefficient (Wildman–Crippen LogP) is 4.87. The van der Waals surface area contributed by atoms with Gasteiger partial charge < -0.3 is 9.59 Å². The fourth-order valence-corrected chi connectivity index (χ4v) is 5.18. The summed E-state index contributed by atoms with van der Waals surface area (Å²) >= 11 is 0. The normalized spacial score (nSPS) is 24.4. The third-order valence-corrected chi connectivity index (χ3v) is 6.96. The molecule has 1 saturated carbocycles. The van der Waals surface area contributed by atoms with E-state index in [0.29, 0.717) is 5.92 Å². The minimum Gasteiger partial charge on any atom is -0.385 e. The van der Waals surface area contributed by atoms with Gasteiger partial charge in [0.1, 0.15) is 0 Å². The first kappa shape index (κ1) is 17.9.